The average molecular weight is 247 g/mol. The van der Waals surface area contributed by atoms with E-state index in [9.17, 15) is 4.79 Å². The van der Waals surface area contributed by atoms with Gasteiger partial charge in [0.05, 0.1) is 6.10 Å². The van der Waals surface area contributed by atoms with E-state index in [-0.39, 0.29) is 18.6 Å². The van der Waals surface area contributed by atoms with Gasteiger partial charge in [-0.2, -0.15) is 0 Å². The van der Waals surface area contributed by atoms with Crippen LogP contribution in [0.15, 0.2) is 0 Å². The Labute approximate surface area is 100 Å². The zero-order valence-corrected chi connectivity index (χ0v) is 10.1. The number of hydrazine groups is 1. The van der Waals surface area contributed by atoms with Gasteiger partial charge in [-0.05, 0) is 25.1 Å². The molecule has 0 saturated carbocycles. The second kappa shape index (κ2) is 7.37. The molecule has 0 aromatic carbocycles. The topological polar surface area (TPSA) is 71.6 Å². The third-order valence-electron chi connectivity index (χ3n) is 2.11. The van der Waals surface area contributed by atoms with Crippen LogP contribution in [0.25, 0.3) is 0 Å². The van der Waals surface area contributed by atoms with Gasteiger partial charge in [-0.1, -0.05) is 0 Å². The van der Waals surface area contributed by atoms with Gasteiger partial charge in [-0.25, -0.2) is 0 Å². The van der Waals surface area contributed by atoms with Gasteiger partial charge in [0.15, 0.2) is 5.11 Å². The summed E-state index contributed by atoms with van der Waals surface area (Å²) in [6.45, 7) is 1.48. The number of carbonyl (C=O) groups is 1. The molecule has 1 aliphatic heterocycles. The van der Waals surface area contributed by atoms with Crippen LogP contribution < -0.4 is 16.2 Å². The molecule has 0 unspecified atom stereocenters. The Bertz CT molecular complexity index is 244. The normalized spacial score (nSPS) is 19.2. The summed E-state index contributed by atoms with van der Waals surface area (Å²) in [5.41, 5.74) is 4.98. The molecule has 1 saturated heterocycles. The molecule has 1 heterocycles. The summed E-state index contributed by atoms with van der Waals surface area (Å²) in [5, 5.41) is 3.34. The van der Waals surface area contributed by atoms with Crippen molar-refractivity contribution in [3.8, 4) is 0 Å². The van der Waals surface area contributed by atoms with E-state index in [0.29, 0.717) is 11.7 Å². The van der Waals surface area contributed by atoms with Crippen LogP contribution in [-0.2, 0) is 14.3 Å². The number of amides is 1. The number of methoxy groups -OCH3 is 1. The van der Waals surface area contributed by atoms with Crippen LogP contribution in [0.5, 0.6) is 0 Å². The van der Waals surface area contributed by atoms with Gasteiger partial charge in [0.1, 0.15) is 6.61 Å². The van der Waals surface area contributed by atoms with Crippen LogP contribution >= 0.6 is 12.2 Å². The first-order chi connectivity index (χ1) is 7.72. The molecule has 3 N–H and O–H groups in total. The summed E-state index contributed by atoms with van der Waals surface area (Å²) < 4.78 is 10.1. The van der Waals surface area contributed by atoms with Crippen LogP contribution in [0.1, 0.15) is 12.8 Å². The van der Waals surface area contributed by atoms with E-state index in [4.69, 9.17) is 17.0 Å². The van der Waals surface area contributed by atoms with Crippen LogP contribution in [0, 0.1) is 0 Å². The molecule has 6 nitrogen and oxygen atoms in total. The van der Waals surface area contributed by atoms with Crippen molar-refractivity contribution in [3.05, 3.63) is 0 Å². The number of hydrogen-bond acceptors (Lipinski definition) is 4. The summed E-state index contributed by atoms with van der Waals surface area (Å²) in [5.74, 6) is -0.274. The second-order valence-electron chi connectivity index (χ2n) is 3.45. The minimum absolute atomic E-state index is 0.00134. The molecule has 0 aliphatic carbocycles. The summed E-state index contributed by atoms with van der Waals surface area (Å²) >= 11 is 4.96. The minimum atomic E-state index is -0.274. The van der Waals surface area contributed by atoms with Gasteiger partial charge >= 0.3 is 0 Å². The highest BCUT2D eigenvalue weighted by Crippen LogP contribution is 2.10. The maximum Gasteiger partial charge on any atom is 0.264 e. The Morgan fingerprint density at radius 1 is 1.56 bits per heavy atom. The first-order valence-corrected chi connectivity index (χ1v) is 5.56. The number of ether oxygens (including phenoxy) is 2. The molecule has 1 atom stereocenters. The standard InChI is InChI=1S/C9H17N3O3S/c1-14-6-8(13)11-12-9(16)10-5-7-3-2-4-15-7/h7H,2-6H2,1H3,(H,11,13)(H2,10,12,16)/t7-/m1/s1. The maximum absolute atomic E-state index is 11.0. The zero-order valence-electron chi connectivity index (χ0n) is 9.25. The predicted octanol–water partition coefficient (Wildman–Crippen LogP) is -0.693. The molecule has 0 aromatic rings. The fourth-order valence-corrected chi connectivity index (χ4v) is 1.48. The molecule has 0 radical (unpaired) electrons. The molecule has 7 heteroatoms. The van der Waals surface area contributed by atoms with Gasteiger partial charge < -0.3 is 14.8 Å². The van der Waals surface area contributed by atoms with Gasteiger partial charge in [0, 0.05) is 20.3 Å². The average Bonchev–Trinajstić information content (AvgIpc) is 2.77. The number of carbonyl (C=O) groups excluding carboxylic acids is 1. The molecule has 1 aliphatic rings. The van der Waals surface area contributed by atoms with Gasteiger partial charge in [-0.15, -0.1) is 0 Å². The van der Waals surface area contributed by atoms with Crippen LogP contribution in [0.4, 0.5) is 0 Å². The van der Waals surface area contributed by atoms with E-state index < -0.39 is 0 Å². The van der Waals surface area contributed by atoms with Crippen molar-refractivity contribution in [3.63, 3.8) is 0 Å². The molecule has 1 amide bonds. The number of thiocarbonyl (C=S) groups is 1. The molecule has 0 bridgehead atoms. The van der Waals surface area contributed by atoms with Crippen molar-refractivity contribution in [2.75, 3.05) is 26.9 Å². The molecule has 0 spiro atoms. The molecule has 1 rings (SSSR count). The largest absolute Gasteiger partial charge is 0.376 e. The number of hydrogen-bond donors (Lipinski definition) is 3. The molecular weight excluding hydrogens is 230 g/mol. The SMILES string of the molecule is COCC(=O)NNC(=S)NC[C@H]1CCCO1. The summed E-state index contributed by atoms with van der Waals surface area (Å²) in [6, 6.07) is 0. The quantitative estimate of drug-likeness (QED) is 0.451. The summed E-state index contributed by atoms with van der Waals surface area (Å²) in [4.78, 5) is 11.0. The van der Waals surface area contributed by atoms with Crippen LogP contribution in [0.2, 0.25) is 0 Å². The Hall–Kier alpha value is -0.920. The fraction of sp³-hybridized carbons (Fsp3) is 0.778. The van der Waals surface area contributed by atoms with Crippen LogP contribution in [0.3, 0.4) is 0 Å². The highest BCUT2D eigenvalue weighted by Gasteiger charge is 2.15. The molecule has 0 aromatic heterocycles. The highest BCUT2D eigenvalue weighted by molar-refractivity contribution is 7.80. The predicted molar refractivity (Wildman–Crippen MR) is 62.7 cm³/mol. The highest BCUT2D eigenvalue weighted by atomic mass is 32.1. The monoisotopic (exact) mass is 247 g/mol. The van der Waals surface area contributed by atoms with Crippen molar-refractivity contribution in [2.24, 2.45) is 0 Å². The number of nitrogens with one attached hydrogen (secondary N) is 3. The lowest BCUT2D eigenvalue weighted by Crippen LogP contribution is -2.49. The molecule has 1 fully saturated rings. The van der Waals surface area contributed by atoms with E-state index in [1.165, 1.54) is 7.11 Å². The first-order valence-electron chi connectivity index (χ1n) is 5.15. The maximum atomic E-state index is 11.0. The second-order valence-corrected chi connectivity index (χ2v) is 3.86. The Morgan fingerprint density at radius 3 is 3.00 bits per heavy atom. The van der Waals surface area contributed by atoms with E-state index >= 15 is 0 Å². The van der Waals surface area contributed by atoms with Crippen molar-refractivity contribution < 1.29 is 14.3 Å². The summed E-state index contributed by atoms with van der Waals surface area (Å²) in [6.07, 6.45) is 2.36. The zero-order chi connectivity index (χ0) is 11.8. The van der Waals surface area contributed by atoms with Crippen molar-refractivity contribution in [1.82, 2.24) is 16.2 Å². The van der Waals surface area contributed by atoms with Crippen molar-refractivity contribution in [1.29, 1.82) is 0 Å². The first kappa shape index (κ1) is 13.1. The van der Waals surface area contributed by atoms with E-state index in [1.54, 1.807) is 0 Å². The lowest BCUT2D eigenvalue weighted by Gasteiger charge is -2.14. The van der Waals surface area contributed by atoms with Crippen molar-refractivity contribution >= 4 is 23.2 Å². The van der Waals surface area contributed by atoms with Gasteiger partial charge in [-0.3, -0.25) is 15.6 Å². The van der Waals surface area contributed by atoms with Crippen molar-refractivity contribution in [2.45, 2.75) is 18.9 Å². The third kappa shape index (κ3) is 5.24. The third-order valence-corrected chi connectivity index (χ3v) is 2.35. The molecule has 16 heavy (non-hydrogen) atoms. The summed E-state index contributed by atoms with van der Waals surface area (Å²) in [7, 11) is 1.45. The van der Waals surface area contributed by atoms with E-state index in [0.717, 1.165) is 19.4 Å². The Kier molecular flexibility index (Phi) is 6.05. The lowest BCUT2D eigenvalue weighted by atomic mass is 10.2. The fourth-order valence-electron chi connectivity index (χ4n) is 1.35. The van der Waals surface area contributed by atoms with E-state index in [2.05, 4.69) is 20.9 Å². The molecular formula is C9H17N3O3S. The molecule has 92 valence electrons. The smallest absolute Gasteiger partial charge is 0.264 e. The Morgan fingerprint density at radius 2 is 2.38 bits per heavy atom. The van der Waals surface area contributed by atoms with Gasteiger partial charge in [0.2, 0.25) is 0 Å². The lowest BCUT2D eigenvalue weighted by molar-refractivity contribution is -0.125. The van der Waals surface area contributed by atoms with Gasteiger partial charge in [0.25, 0.3) is 5.91 Å². The number of rotatable bonds is 4. The Balaban J connectivity index is 2.04. The van der Waals surface area contributed by atoms with E-state index in [1.807, 2.05) is 0 Å². The minimum Gasteiger partial charge on any atom is -0.376 e. The van der Waals surface area contributed by atoms with Crippen LogP contribution in [-0.4, -0.2) is 44.0 Å².